The maximum Gasteiger partial charge on any atom is 0.306 e. The lowest BCUT2D eigenvalue weighted by atomic mass is 10.0. The quantitative estimate of drug-likeness (QED) is 0.0373. The molecular weight excluding hydrogens is 885 g/mol. The number of aliphatic hydroxyl groups excluding tert-OH is 1. The van der Waals surface area contributed by atoms with E-state index in [0.717, 1.165) is 89.9 Å². The molecule has 0 aromatic carbocycles. The second kappa shape index (κ2) is 61.9. The highest BCUT2D eigenvalue weighted by Crippen LogP contribution is 2.16. The molecule has 0 amide bonds. The number of rotatable bonds is 55. The second-order valence-electron chi connectivity index (χ2n) is 20.0. The number of allylic oxidation sites excluding steroid dienone is 18. The van der Waals surface area contributed by atoms with Gasteiger partial charge < -0.3 is 14.6 Å². The molecule has 0 radical (unpaired) electrons. The molecular formula is C67H114O5. The van der Waals surface area contributed by atoms with Crippen LogP contribution in [0.25, 0.3) is 0 Å². The van der Waals surface area contributed by atoms with E-state index in [1.807, 2.05) is 0 Å². The minimum absolute atomic E-state index is 0.0705. The summed E-state index contributed by atoms with van der Waals surface area (Å²) in [5.74, 6) is -0.591. The molecule has 0 aliphatic heterocycles. The Morgan fingerprint density at radius 2 is 0.597 bits per heavy atom. The van der Waals surface area contributed by atoms with Gasteiger partial charge in [-0.1, -0.05) is 277 Å². The van der Waals surface area contributed by atoms with Crippen LogP contribution in [0, 0.1) is 0 Å². The number of ether oxygens (including phenoxy) is 2. The molecule has 0 aliphatic carbocycles. The van der Waals surface area contributed by atoms with E-state index in [-0.39, 0.29) is 25.2 Å². The lowest BCUT2D eigenvalue weighted by Crippen LogP contribution is -2.28. The molecule has 0 bridgehead atoms. The first-order valence-electron chi connectivity index (χ1n) is 30.4. The minimum atomic E-state index is -0.780. The molecule has 5 heteroatoms. The second-order valence-corrected chi connectivity index (χ2v) is 20.0. The summed E-state index contributed by atoms with van der Waals surface area (Å²) in [7, 11) is 0. The van der Waals surface area contributed by atoms with Gasteiger partial charge >= 0.3 is 11.9 Å². The molecule has 412 valence electrons. The molecule has 1 N–H and O–H groups in total. The predicted octanol–water partition coefficient (Wildman–Crippen LogP) is 20.9. The first-order chi connectivity index (χ1) is 35.6. The summed E-state index contributed by atoms with van der Waals surface area (Å²) in [5, 5.41) is 9.67. The van der Waals surface area contributed by atoms with Crippen LogP contribution in [0.5, 0.6) is 0 Å². The zero-order chi connectivity index (χ0) is 52.0. The van der Waals surface area contributed by atoms with E-state index in [2.05, 4.69) is 123 Å². The largest absolute Gasteiger partial charge is 0.462 e. The number of hydrogen-bond acceptors (Lipinski definition) is 5. The Hall–Kier alpha value is -3.44. The summed E-state index contributed by atoms with van der Waals surface area (Å²) in [5.41, 5.74) is 0. The van der Waals surface area contributed by atoms with Gasteiger partial charge in [-0.05, 0) is 103 Å². The van der Waals surface area contributed by atoms with Crippen LogP contribution in [0.4, 0.5) is 0 Å². The number of aliphatic hydroxyl groups is 1. The van der Waals surface area contributed by atoms with Crippen molar-refractivity contribution in [2.45, 2.75) is 290 Å². The summed E-state index contributed by atoms with van der Waals surface area (Å²) >= 11 is 0. The fraction of sp³-hybridized carbons (Fsp3) is 0.701. The maximum atomic E-state index is 12.3. The van der Waals surface area contributed by atoms with Gasteiger partial charge in [-0.2, -0.15) is 0 Å². The van der Waals surface area contributed by atoms with Gasteiger partial charge in [0.2, 0.25) is 0 Å². The number of carbonyl (C=O) groups is 2. The van der Waals surface area contributed by atoms with Gasteiger partial charge in [0.25, 0.3) is 0 Å². The third kappa shape index (κ3) is 59.1. The number of unbranched alkanes of at least 4 members (excludes halogenated alkanes) is 29. The standard InChI is InChI=1S/C67H114O5/c1-3-5-7-9-11-13-15-17-19-21-23-25-26-27-28-29-30-31-32-33-34-35-36-37-38-39-40-42-44-46-48-50-52-54-56-58-60-62-67(70)72-65(63-68)64-71-66(69)61-59-57-55-53-51-49-47-45-43-41-24-22-20-18-16-14-12-10-8-6-4-2/h5,7,11,13,16-19,22-25,27-28,30-31,33-34,65,68H,3-4,6,8-10,12,14-15,20-21,26,29,32,35-64H2,1-2H3/b7-5-,13-11-,18-16-,19-17-,24-22-,25-23-,28-27-,31-30-,34-33-. The van der Waals surface area contributed by atoms with Gasteiger partial charge in [-0.15, -0.1) is 0 Å². The first-order valence-corrected chi connectivity index (χ1v) is 30.4. The predicted molar refractivity (Wildman–Crippen MR) is 315 cm³/mol. The van der Waals surface area contributed by atoms with Crippen molar-refractivity contribution in [2.24, 2.45) is 0 Å². The fourth-order valence-corrected chi connectivity index (χ4v) is 8.51. The van der Waals surface area contributed by atoms with Crippen molar-refractivity contribution < 1.29 is 24.2 Å². The molecule has 0 saturated carbocycles. The van der Waals surface area contributed by atoms with E-state index in [1.165, 1.54) is 167 Å². The average molecular weight is 1000 g/mol. The third-order valence-electron chi connectivity index (χ3n) is 13.1. The highest BCUT2D eigenvalue weighted by Gasteiger charge is 2.16. The van der Waals surface area contributed by atoms with Gasteiger partial charge in [0, 0.05) is 12.8 Å². The fourth-order valence-electron chi connectivity index (χ4n) is 8.51. The number of esters is 2. The molecule has 0 aromatic heterocycles. The van der Waals surface area contributed by atoms with E-state index in [1.54, 1.807) is 0 Å². The highest BCUT2D eigenvalue weighted by atomic mass is 16.6. The molecule has 0 saturated heterocycles. The summed E-state index contributed by atoms with van der Waals surface area (Å²) in [6.45, 7) is 4.03. The van der Waals surface area contributed by atoms with Gasteiger partial charge in [-0.3, -0.25) is 9.59 Å². The summed E-state index contributed by atoms with van der Waals surface area (Å²) in [6, 6.07) is 0. The third-order valence-corrected chi connectivity index (χ3v) is 13.1. The SMILES string of the molecule is CC/C=C\C/C=C\C/C=C\C/C=C\C/C=C\C/C=C\C/C=C\CCCCCCCCCCCCCCCCCC(=O)OC(CO)COC(=O)CCCCCCCCCCC/C=C\C/C=C\CCCCCCC. The average Bonchev–Trinajstić information content (AvgIpc) is 3.38. The zero-order valence-electron chi connectivity index (χ0n) is 47.2. The monoisotopic (exact) mass is 999 g/mol. The molecule has 0 spiro atoms. The minimum Gasteiger partial charge on any atom is -0.462 e. The molecule has 72 heavy (non-hydrogen) atoms. The summed E-state index contributed by atoms with van der Waals surface area (Å²) in [6.07, 6.45) is 89.3. The van der Waals surface area contributed by atoms with Crippen LogP contribution in [0.3, 0.4) is 0 Å². The van der Waals surface area contributed by atoms with Gasteiger partial charge in [0.15, 0.2) is 6.10 Å². The Kier molecular flexibility index (Phi) is 58.9. The van der Waals surface area contributed by atoms with Crippen LogP contribution in [0.2, 0.25) is 0 Å². The lowest BCUT2D eigenvalue weighted by Gasteiger charge is -2.15. The van der Waals surface area contributed by atoms with E-state index >= 15 is 0 Å². The van der Waals surface area contributed by atoms with Crippen LogP contribution in [-0.2, 0) is 19.1 Å². The summed E-state index contributed by atoms with van der Waals surface area (Å²) in [4.78, 5) is 24.6. The van der Waals surface area contributed by atoms with Crippen molar-refractivity contribution in [1.82, 2.24) is 0 Å². The van der Waals surface area contributed by atoms with E-state index in [0.29, 0.717) is 12.8 Å². The molecule has 0 heterocycles. The van der Waals surface area contributed by atoms with Crippen LogP contribution < -0.4 is 0 Å². The van der Waals surface area contributed by atoms with Gasteiger partial charge in [0.1, 0.15) is 6.61 Å². The van der Waals surface area contributed by atoms with E-state index in [4.69, 9.17) is 9.47 Å². The van der Waals surface area contributed by atoms with Crippen LogP contribution >= 0.6 is 0 Å². The molecule has 1 unspecified atom stereocenters. The lowest BCUT2D eigenvalue weighted by molar-refractivity contribution is -0.161. The van der Waals surface area contributed by atoms with E-state index < -0.39 is 6.10 Å². The van der Waals surface area contributed by atoms with Crippen molar-refractivity contribution >= 4 is 11.9 Å². The Balaban J connectivity index is 3.50. The van der Waals surface area contributed by atoms with Gasteiger partial charge in [0.05, 0.1) is 6.61 Å². The van der Waals surface area contributed by atoms with Crippen LogP contribution in [-0.4, -0.2) is 36.4 Å². The molecule has 1 atom stereocenters. The first kappa shape index (κ1) is 68.6. The Labute approximate surface area is 446 Å². The summed E-state index contributed by atoms with van der Waals surface area (Å²) < 4.78 is 10.7. The van der Waals surface area contributed by atoms with Crippen molar-refractivity contribution in [2.75, 3.05) is 13.2 Å². The number of carbonyl (C=O) groups excluding carboxylic acids is 2. The van der Waals surface area contributed by atoms with Crippen molar-refractivity contribution in [3.63, 3.8) is 0 Å². The van der Waals surface area contributed by atoms with Gasteiger partial charge in [-0.25, -0.2) is 0 Å². The molecule has 0 rings (SSSR count). The highest BCUT2D eigenvalue weighted by molar-refractivity contribution is 5.70. The van der Waals surface area contributed by atoms with Crippen molar-refractivity contribution in [1.29, 1.82) is 0 Å². The number of hydrogen-bond donors (Lipinski definition) is 1. The Morgan fingerprint density at radius 1 is 0.333 bits per heavy atom. The smallest absolute Gasteiger partial charge is 0.306 e. The molecule has 5 nitrogen and oxygen atoms in total. The Morgan fingerprint density at radius 3 is 0.903 bits per heavy atom. The molecule has 0 fully saturated rings. The molecule has 0 aromatic rings. The van der Waals surface area contributed by atoms with E-state index in [9.17, 15) is 14.7 Å². The normalized spacial score (nSPS) is 13.0. The van der Waals surface area contributed by atoms with Crippen molar-refractivity contribution in [3.8, 4) is 0 Å². The zero-order valence-corrected chi connectivity index (χ0v) is 47.2. The topological polar surface area (TPSA) is 72.8 Å². The molecule has 0 aliphatic rings. The van der Waals surface area contributed by atoms with Crippen LogP contribution in [0.15, 0.2) is 109 Å². The maximum absolute atomic E-state index is 12.3. The van der Waals surface area contributed by atoms with Crippen LogP contribution in [0.1, 0.15) is 284 Å². The Bertz CT molecular complexity index is 1410. The van der Waals surface area contributed by atoms with Crippen molar-refractivity contribution in [3.05, 3.63) is 109 Å².